The molecule has 1 fully saturated rings. The second-order valence-corrected chi connectivity index (χ2v) is 9.60. The largest absolute Gasteiger partial charge is 0.406 e. The molecule has 2 heterocycles. The zero-order valence-electron chi connectivity index (χ0n) is 18.3. The van der Waals surface area contributed by atoms with Gasteiger partial charge in [-0.25, -0.2) is 0 Å². The van der Waals surface area contributed by atoms with Gasteiger partial charge in [0.2, 0.25) is 11.8 Å². The number of carbonyl (C=O) groups is 3. The minimum absolute atomic E-state index is 0.0516. The van der Waals surface area contributed by atoms with Crippen LogP contribution in [0.5, 0.6) is 0 Å². The molecule has 0 aromatic heterocycles. The summed E-state index contributed by atoms with van der Waals surface area (Å²) in [4.78, 5) is 42.4. The highest BCUT2D eigenvalue weighted by molar-refractivity contribution is 6.10. The van der Waals surface area contributed by atoms with Crippen LogP contribution in [0.25, 0.3) is 0 Å². The van der Waals surface area contributed by atoms with Gasteiger partial charge in [0, 0.05) is 25.9 Å². The third-order valence-electron chi connectivity index (χ3n) is 5.68. The third-order valence-corrected chi connectivity index (χ3v) is 5.68. The van der Waals surface area contributed by atoms with E-state index in [1.165, 1.54) is 4.90 Å². The van der Waals surface area contributed by atoms with E-state index in [9.17, 15) is 27.6 Å². The summed E-state index contributed by atoms with van der Waals surface area (Å²) >= 11 is 0. The van der Waals surface area contributed by atoms with Crippen LogP contribution < -0.4 is 4.90 Å². The molecule has 6 nitrogen and oxygen atoms in total. The van der Waals surface area contributed by atoms with E-state index in [-0.39, 0.29) is 37.7 Å². The second-order valence-electron chi connectivity index (χ2n) is 9.60. The van der Waals surface area contributed by atoms with Gasteiger partial charge in [-0.1, -0.05) is 32.9 Å². The van der Waals surface area contributed by atoms with Crippen LogP contribution in [-0.2, 0) is 9.59 Å². The summed E-state index contributed by atoms with van der Waals surface area (Å²) in [5, 5.41) is 0. The molecule has 1 unspecified atom stereocenters. The number of alkyl halides is 3. The maximum atomic E-state index is 13.2. The first-order valence-corrected chi connectivity index (χ1v) is 10.3. The molecule has 0 N–H and O–H groups in total. The topological polar surface area (TPSA) is 60.9 Å². The molecule has 1 saturated heterocycles. The van der Waals surface area contributed by atoms with Crippen molar-refractivity contribution >= 4 is 23.4 Å². The number of para-hydroxylation sites is 1. The third kappa shape index (κ3) is 4.70. The number of nitrogens with zero attached hydrogens (tertiary/aromatic N) is 3. The highest BCUT2D eigenvalue weighted by Crippen LogP contribution is 2.44. The summed E-state index contributed by atoms with van der Waals surface area (Å²) in [6.45, 7) is 5.60. The van der Waals surface area contributed by atoms with E-state index in [1.54, 1.807) is 56.9 Å². The standard InChI is InChI=1S/C22H28F3N3O3/c1-20(2,3)13-26(14-22(23,24)25)17(29)10-12-27-19(31)15-7-5-6-8-16(15)28-18(30)9-11-21(27,28)4/h5-8H,9-14H2,1-4H3. The van der Waals surface area contributed by atoms with E-state index >= 15 is 0 Å². The number of carbonyl (C=O) groups excluding carboxylic acids is 3. The number of hydrogen-bond acceptors (Lipinski definition) is 3. The Bertz CT molecular complexity index is 878. The summed E-state index contributed by atoms with van der Waals surface area (Å²) in [5.74, 6) is -1.11. The van der Waals surface area contributed by atoms with E-state index in [4.69, 9.17) is 0 Å². The van der Waals surface area contributed by atoms with Crippen LogP contribution in [0.15, 0.2) is 24.3 Å². The van der Waals surface area contributed by atoms with Gasteiger partial charge in [0.15, 0.2) is 0 Å². The van der Waals surface area contributed by atoms with Crippen molar-refractivity contribution in [3.05, 3.63) is 29.8 Å². The Morgan fingerprint density at radius 3 is 2.39 bits per heavy atom. The van der Waals surface area contributed by atoms with Gasteiger partial charge < -0.3 is 9.80 Å². The number of benzene rings is 1. The van der Waals surface area contributed by atoms with Crippen molar-refractivity contribution in [2.24, 2.45) is 5.41 Å². The van der Waals surface area contributed by atoms with Crippen molar-refractivity contribution in [1.29, 1.82) is 0 Å². The number of halogens is 3. The molecule has 9 heteroatoms. The monoisotopic (exact) mass is 439 g/mol. The molecule has 1 atom stereocenters. The van der Waals surface area contributed by atoms with Crippen LogP contribution >= 0.6 is 0 Å². The lowest BCUT2D eigenvalue weighted by atomic mass is 9.95. The fourth-order valence-corrected chi connectivity index (χ4v) is 4.43. The zero-order chi connectivity index (χ0) is 23.2. The first-order valence-electron chi connectivity index (χ1n) is 10.3. The zero-order valence-corrected chi connectivity index (χ0v) is 18.3. The summed E-state index contributed by atoms with van der Waals surface area (Å²) in [5.41, 5.74) is -0.570. The van der Waals surface area contributed by atoms with Gasteiger partial charge in [-0.15, -0.1) is 0 Å². The fraction of sp³-hybridized carbons (Fsp3) is 0.591. The molecule has 3 rings (SSSR count). The molecule has 0 spiro atoms. The van der Waals surface area contributed by atoms with E-state index in [1.807, 2.05) is 0 Å². The van der Waals surface area contributed by atoms with Crippen LogP contribution in [-0.4, -0.2) is 59.0 Å². The highest BCUT2D eigenvalue weighted by atomic mass is 19.4. The Kier molecular flexibility index (Phi) is 5.84. The molecular formula is C22H28F3N3O3. The number of rotatable bonds is 5. The van der Waals surface area contributed by atoms with E-state index < -0.39 is 29.7 Å². The molecule has 0 saturated carbocycles. The Balaban J connectivity index is 1.83. The molecule has 2 aliphatic rings. The summed E-state index contributed by atoms with van der Waals surface area (Å²) < 4.78 is 39.1. The van der Waals surface area contributed by atoms with Crippen molar-refractivity contribution in [1.82, 2.24) is 9.80 Å². The Morgan fingerprint density at radius 1 is 1.13 bits per heavy atom. The minimum atomic E-state index is -4.51. The van der Waals surface area contributed by atoms with Gasteiger partial charge in [-0.05, 0) is 30.9 Å². The maximum absolute atomic E-state index is 13.2. The molecule has 1 aromatic rings. The van der Waals surface area contributed by atoms with Gasteiger partial charge in [-0.2, -0.15) is 13.2 Å². The summed E-state index contributed by atoms with van der Waals surface area (Å²) in [6, 6.07) is 6.77. The fourth-order valence-electron chi connectivity index (χ4n) is 4.43. The molecule has 0 bridgehead atoms. The predicted octanol–water partition coefficient (Wildman–Crippen LogP) is 3.81. The Labute approximate surface area is 180 Å². The van der Waals surface area contributed by atoms with Crippen LogP contribution in [0, 0.1) is 5.41 Å². The molecule has 2 aliphatic heterocycles. The first-order chi connectivity index (χ1) is 14.2. The molecule has 3 amide bonds. The SMILES string of the molecule is CC(C)(C)CN(CC(F)(F)F)C(=O)CCN1C(=O)c2ccccc2N2C(=O)CCC12C. The normalized spacial score (nSPS) is 21.3. The Morgan fingerprint density at radius 2 is 1.77 bits per heavy atom. The summed E-state index contributed by atoms with van der Waals surface area (Å²) in [6.07, 6.45) is -4.11. The minimum Gasteiger partial charge on any atom is -0.333 e. The van der Waals surface area contributed by atoms with Crippen molar-refractivity contribution in [3.8, 4) is 0 Å². The van der Waals surface area contributed by atoms with Crippen LogP contribution in [0.1, 0.15) is 57.3 Å². The molecule has 31 heavy (non-hydrogen) atoms. The van der Waals surface area contributed by atoms with E-state index in [2.05, 4.69) is 0 Å². The molecule has 170 valence electrons. The van der Waals surface area contributed by atoms with Crippen LogP contribution in [0.2, 0.25) is 0 Å². The van der Waals surface area contributed by atoms with Gasteiger partial charge >= 0.3 is 6.18 Å². The lowest BCUT2D eigenvalue weighted by molar-refractivity contribution is -0.163. The van der Waals surface area contributed by atoms with Crippen LogP contribution in [0.3, 0.4) is 0 Å². The van der Waals surface area contributed by atoms with Crippen molar-refractivity contribution in [2.75, 3.05) is 24.5 Å². The number of anilines is 1. The van der Waals surface area contributed by atoms with Gasteiger partial charge in [0.05, 0.1) is 11.3 Å². The first kappa shape index (κ1) is 23.1. The lowest BCUT2D eigenvalue weighted by Crippen LogP contribution is -2.62. The number of amides is 3. The average molecular weight is 439 g/mol. The number of fused-ring (bicyclic) bond motifs is 3. The van der Waals surface area contributed by atoms with Crippen LogP contribution in [0.4, 0.5) is 18.9 Å². The van der Waals surface area contributed by atoms with E-state index in [0.717, 1.165) is 4.90 Å². The predicted molar refractivity (Wildman–Crippen MR) is 109 cm³/mol. The van der Waals surface area contributed by atoms with Gasteiger partial charge in [0.1, 0.15) is 12.2 Å². The molecule has 1 aromatic carbocycles. The molecular weight excluding hydrogens is 411 g/mol. The highest BCUT2D eigenvalue weighted by Gasteiger charge is 2.53. The number of hydrogen-bond donors (Lipinski definition) is 0. The van der Waals surface area contributed by atoms with Crippen molar-refractivity contribution in [2.45, 2.75) is 58.8 Å². The molecule has 0 radical (unpaired) electrons. The Hall–Kier alpha value is -2.58. The van der Waals surface area contributed by atoms with Gasteiger partial charge in [0.25, 0.3) is 5.91 Å². The van der Waals surface area contributed by atoms with Crippen molar-refractivity contribution < 1.29 is 27.6 Å². The smallest absolute Gasteiger partial charge is 0.333 e. The average Bonchev–Trinajstić information content (AvgIpc) is 2.94. The quantitative estimate of drug-likeness (QED) is 0.701. The molecule has 0 aliphatic carbocycles. The van der Waals surface area contributed by atoms with Gasteiger partial charge in [-0.3, -0.25) is 19.3 Å². The van der Waals surface area contributed by atoms with E-state index in [0.29, 0.717) is 17.7 Å². The maximum Gasteiger partial charge on any atom is 0.406 e. The summed E-state index contributed by atoms with van der Waals surface area (Å²) in [7, 11) is 0. The lowest BCUT2D eigenvalue weighted by Gasteiger charge is -2.48. The van der Waals surface area contributed by atoms with Crippen molar-refractivity contribution in [3.63, 3.8) is 0 Å². The second kappa shape index (κ2) is 7.84.